The van der Waals surface area contributed by atoms with Gasteiger partial charge < -0.3 is 5.32 Å². The maximum Gasteiger partial charge on any atom is 0.0841 e. The van der Waals surface area contributed by atoms with E-state index < -0.39 is 0 Å². The third-order valence-corrected chi connectivity index (χ3v) is 4.59. The minimum Gasteiger partial charge on any atom is -0.306 e. The fourth-order valence-electron chi connectivity index (χ4n) is 2.55. The number of rotatable bonds is 5. The zero-order valence-electron chi connectivity index (χ0n) is 11.9. The molecular formula is C16H19N3S. The van der Waals surface area contributed by atoms with E-state index in [1.165, 1.54) is 21.3 Å². The summed E-state index contributed by atoms with van der Waals surface area (Å²) in [7, 11) is 2.00. The summed E-state index contributed by atoms with van der Waals surface area (Å²) in [5.41, 5.74) is 3.76. The Hall–Kier alpha value is -1.65. The van der Waals surface area contributed by atoms with Crippen LogP contribution in [0.4, 0.5) is 0 Å². The molecule has 20 heavy (non-hydrogen) atoms. The molecule has 0 amide bonds. The molecule has 3 nitrogen and oxygen atoms in total. The molecule has 104 valence electrons. The molecule has 0 unspecified atom stereocenters. The van der Waals surface area contributed by atoms with Crippen molar-refractivity contribution in [2.24, 2.45) is 7.05 Å². The van der Waals surface area contributed by atoms with Gasteiger partial charge in [0.05, 0.1) is 11.2 Å². The van der Waals surface area contributed by atoms with Gasteiger partial charge in [0.25, 0.3) is 0 Å². The van der Waals surface area contributed by atoms with Gasteiger partial charge in [0.1, 0.15) is 0 Å². The summed E-state index contributed by atoms with van der Waals surface area (Å²) >= 11 is 1.83. The number of nitrogens with one attached hydrogen (secondary N) is 1. The lowest BCUT2D eigenvalue weighted by Crippen LogP contribution is -2.13. The summed E-state index contributed by atoms with van der Waals surface area (Å²) in [6.45, 7) is 3.94. The minimum atomic E-state index is 0.808. The highest BCUT2D eigenvalue weighted by atomic mass is 32.1. The lowest BCUT2D eigenvalue weighted by molar-refractivity contribution is 0.664. The second-order valence-electron chi connectivity index (χ2n) is 4.91. The molecule has 0 aliphatic carbocycles. The second kappa shape index (κ2) is 5.77. The zero-order chi connectivity index (χ0) is 13.9. The lowest BCUT2D eigenvalue weighted by atomic mass is 10.2. The van der Waals surface area contributed by atoms with Gasteiger partial charge in [-0.15, -0.1) is 11.3 Å². The van der Waals surface area contributed by atoms with E-state index in [0.29, 0.717) is 0 Å². The molecule has 2 heterocycles. The predicted octanol–water partition coefficient (Wildman–Crippen LogP) is 3.49. The topological polar surface area (TPSA) is 29.9 Å². The zero-order valence-corrected chi connectivity index (χ0v) is 12.7. The molecule has 0 atom stereocenters. The largest absolute Gasteiger partial charge is 0.306 e. The average Bonchev–Trinajstić information content (AvgIpc) is 3.05. The van der Waals surface area contributed by atoms with Gasteiger partial charge in [-0.1, -0.05) is 25.1 Å². The molecule has 3 rings (SSSR count). The predicted molar refractivity (Wildman–Crippen MR) is 85.0 cm³/mol. The Labute approximate surface area is 123 Å². The molecular weight excluding hydrogens is 266 g/mol. The monoisotopic (exact) mass is 285 g/mol. The first-order valence-electron chi connectivity index (χ1n) is 6.96. The van der Waals surface area contributed by atoms with E-state index in [0.717, 1.165) is 25.2 Å². The van der Waals surface area contributed by atoms with Crippen LogP contribution in [-0.2, 0) is 26.6 Å². The Kier molecular flexibility index (Phi) is 3.85. The van der Waals surface area contributed by atoms with Crippen LogP contribution >= 0.6 is 11.3 Å². The van der Waals surface area contributed by atoms with E-state index in [1.807, 2.05) is 23.1 Å². The van der Waals surface area contributed by atoms with Crippen LogP contribution in [0.2, 0.25) is 0 Å². The lowest BCUT2D eigenvalue weighted by Gasteiger charge is -2.03. The van der Waals surface area contributed by atoms with Crippen LogP contribution in [0.5, 0.6) is 0 Å². The highest BCUT2D eigenvalue weighted by Crippen LogP contribution is 2.19. The maximum atomic E-state index is 4.61. The van der Waals surface area contributed by atoms with Gasteiger partial charge in [0.2, 0.25) is 0 Å². The van der Waals surface area contributed by atoms with Gasteiger partial charge in [0.15, 0.2) is 0 Å². The molecule has 0 aliphatic heterocycles. The van der Waals surface area contributed by atoms with Crippen molar-refractivity contribution in [1.82, 2.24) is 15.1 Å². The van der Waals surface area contributed by atoms with E-state index in [1.54, 1.807) is 0 Å². The molecule has 0 aliphatic rings. The van der Waals surface area contributed by atoms with E-state index in [9.17, 15) is 0 Å². The van der Waals surface area contributed by atoms with Crippen LogP contribution < -0.4 is 5.32 Å². The van der Waals surface area contributed by atoms with Crippen LogP contribution in [0.25, 0.3) is 10.9 Å². The summed E-state index contributed by atoms with van der Waals surface area (Å²) in [5.74, 6) is 0. The quantitative estimate of drug-likeness (QED) is 0.777. The highest BCUT2D eigenvalue weighted by molar-refractivity contribution is 7.10. The number of benzene rings is 1. The third kappa shape index (κ3) is 2.49. The number of para-hydroxylation sites is 1. The smallest absolute Gasteiger partial charge is 0.0841 e. The normalized spacial score (nSPS) is 11.3. The molecule has 4 heteroatoms. The summed E-state index contributed by atoms with van der Waals surface area (Å²) < 4.78 is 1.95. The summed E-state index contributed by atoms with van der Waals surface area (Å²) in [6.07, 6.45) is 1.10. The van der Waals surface area contributed by atoms with Crippen molar-refractivity contribution in [3.8, 4) is 0 Å². The molecule has 1 aromatic carbocycles. The van der Waals surface area contributed by atoms with E-state index in [2.05, 4.69) is 53.1 Å². The van der Waals surface area contributed by atoms with Gasteiger partial charge in [-0.25, -0.2) is 0 Å². The number of aromatic nitrogens is 2. The Morgan fingerprint density at radius 3 is 2.90 bits per heavy atom. The van der Waals surface area contributed by atoms with Gasteiger partial charge in [-0.2, -0.15) is 5.10 Å². The SMILES string of the molecule is CCc1ccsc1CNCc1nn(C)c2ccccc12. The van der Waals surface area contributed by atoms with Crippen molar-refractivity contribution in [2.45, 2.75) is 26.4 Å². The number of aryl methyl sites for hydroxylation is 2. The number of fused-ring (bicyclic) bond motifs is 1. The Morgan fingerprint density at radius 1 is 1.20 bits per heavy atom. The number of nitrogens with zero attached hydrogens (tertiary/aromatic N) is 2. The fraction of sp³-hybridized carbons (Fsp3) is 0.312. The average molecular weight is 285 g/mol. The van der Waals surface area contributed by atoms with Gasteiger partial charge in [-0.3, -0.25) is 4.68 Å². The Morgan fingerprint density at radius 2 is 2.05 bits per heavy atom. The third-order valence-electron chi connectivity index (χ3n) is 3.63. The van der Waals surface area contributed by atoms with Crippen molar-refractivity contribution in [1.29, 1.82) is 0 Å². The van der Waals surface area contributed by atoms with Crippen LogP contribution in [0.3, 0.4) is 0 Å². The summed E-state index contributed by atoms with van der Waals surface area (Å²) in [5, 5.41) is 11.5. The van der Waals surface area contributed by atoms with Crippen molar-refractivity contribution >= 4 is 22.2 Å². The molecule has 0 bridgehead atoms. The second-order valence-corrected chi connectivity index (χ2v) is 5.91. The summed E-state index contributed by atoms with van der Waals surface area (Å²) in [4.78, 5) is 1.44. The molecule has 3 aromatic rings. The molecule has 1 N–H and O–H groups in total. The van der Waals surface area contributed by atoms with Gasteiger partial charge in [-0.05, 0) is 29.5 Å². The fourth-order valence-corrected chi connectivity index (χ4v) is 3.50. The van der Waals surface area contributed by atoms with Crippen LogP contribution in [0.15, 0.2) is 35.7 Å². The van der Waals surface area contributed by atoms with E-state index >= 15 is 0 Å². The highest BCUT2D eigenvalue weighted by Gasteiger charge is 2.08. The van der Waals surface area contributed by atoms with Crippen LogP contribution in [-0.4, -0.2) is 9.78 Å². The molecule has 0 radical (unpaired) electrons. The molecule has 0 saturated heterocycles. The molecule has 0 saturated carbocycles. The summed E-state index contributed by atoms with van der Waals surface area (Å²) in [6, 6.07) is 10.6. The van der Waals surface area contributed by atoms with Crippen molar-refractivity contribution in [3.63, 3.8) is 0 Å². The number of hydrogen-bond acceptors (Lipinski definition) is 3. The first kappa shape index (κ1) is 13.3. The maximum absolute atomic E-state index is 4.61. The standard InChI is InChI=1S/C16H19N3S/c1-3-12-8-9-20-16(12)11-17-10-14-13-6-4-5-7-15(13)19(2)18-14/h4-9,17H,3,10-11H2,1-2H3. The molecule has 0 spiro atoms. The molecule has 0 fully saturated rings. The van der Waals surface area contributed by atoms with Crippen LogP contribution in [0, 0.1) is 0 Å². The van der Waals surface area contributed by atoms with Crippen molar-refractivity contribution in [3.05, 3.63) is 51.8 Å². The molecule has 2 aromatic heterocycles. The van der Waals surface area contributed by atoms with Crippen LogP contribution in [0.1, 0.15) is 23.1 Å². The Balaban J connectivity index is 1.71. The minimum absolute atomic E-state index is 0.808. The van der Waals surface area contributed by atoms with Gasteiger partial charge >= 0.3 is 0 Å². The number of thiophene rings is 1. The van der Waals surface area contributed by atoms with Gasteiger partial charge in [0, 0.05) is 30.4 Å². The first-order valence-corrected chi connectivity index (χ1v) is 7.84. The Bertz CT molecular complexity index is 711. The van der Waals surface area contributed by atoms with Crippen molar-refractivity contribution < 1.29 is 0 Å². The first-order chi connectivity index (χ1) is 9.79. The van der Waals surface area contributed by atoms with Crippen molar-refractivity contribution in [2.75, 3.05) is 0 Å². The number of hydrogen-bond donors (Lipinski definition) is 1. The van der Waals surface area contributed by atoms with E-state index in [4.69, 9.17) is 0 Å². The van der Waals surface area contributed by atoms with E-state index in [-0.39, 0.29) is 0 Å².